The van der Waals surface area contributed by atoms with Crippen molar-refractivity contribution in [2.45, 2.75) is 38.9 Å². The van der Waals surface area contributed by atoms with Crippen molar-refractivity contribution >= 4 is 25.6 Å². The van der Waals surface area contributed by atoms with Gasteiger partial charge in [-0.2, -0.15) is 5.06 Å². The van der Waals surface area contributed by atoms with Crippen LogP contribution in [0.1, 0.15) is 23.6 Å². The van der Waals surface area contributed by atoms with Gasteiger partial charge in [0.1, 0.15) is 5.25 Å². The Balaban J connectivity index is 1.67. The first-order chi connectivity index (χ1) is 19.1. The maximum Gasteiger partial charge on any atom is 0.309 e. The van der Waals surface area contributed by atoms with Gasteiger partial charge < -0.3 is 14.2 Å². The number of hydrogen-bond acceptors (Lipinski definition) is 10. The summed E-state index contributed by atoms with van der Waals surface area (Å²) in [6, 6.07) is 18.0. The van der Waals surface area contributed by atoms with Crippen molar-refractivity contribution in [3.8, 4) is 11.5 Å². The highest BCUT2D eigenvalue weighted by Gasteiger charge is 2.69. The Morgan fingerprint density at radius 1 is 0.900 bits per heavy atom. The summed E-state index contributed by atoms with van der Waals surface area (Å²) in [5.41, 5.74) is 1.06. The summed E-state index contributed by atoms with van der Waals surface area (Å²) < 4.78 is 72.2. The van der Waals surface area contributed by atoms with Crippen LogP contribution in [0.4, 0.5) is 0 Å². The molecule has 0 spiro atoms. The summed E-state index contributed by atoms with van der Waals surface area (Å²) in [7, 11) is -4.30. The number of benzene rings is 3. The van der Waals surface area contributed by atoms with Crippen molar-refractivity contribution in [2.24, 2.45) is 0 Å². The van der Waals surface area contributed by atoms with Gasteiger partial charge in [0, 0.05) is 13.0 Å². The number of piperidine rings is 1. The fourth-order valence-corrected chi connectivity index (χ4v) is 9.95. The Hall–Kier alpha value is -3.45. The summed E-state index contributed by atoms with van der Waals surface area (Å²) in [6.07, 6.45) is -0.328. The van der Waals surface area contributed by atoms with E-state index in [9.17, 15) is 21.6 Å². The molecule has 10 nitrogen and oxygen atoms in total. The summed E-state index contributed by atoms with van der Waals surface area (Å²) >= 11 is 0. The normalized spacial score (nSPS) is 24.0. The average molecular weight is 588 g/mol. The lowest BCUT2D eigenvalue weighted by Crippen LogP contribution is -2.52. The van der Waals surface area contributed by atoms with Crippen LogP contribution in [0.25, 0.3) is 0 Å². The molecule has 40 heavy (non-hydrogen) atoms. The summed E-state index contributed by atoms with van der Waals surface area (Å²) in [6.45, 7) is -0.208. The highest BCUT2D eigenvalue weighted by Crippen LogP contribution is 2.56. The number of ether oxygens (including phenoxy) is 3. The SMILES string of the molecule is COC(=O)Cc1cc(OC)c(OC)cc1C1C[C@]2(S(=O)(=O)c3ccccc3)ON1C[C@@H]2S(=O)(=O)c1ccccc1. The van der Waals surface area contributed by atoms with Gasteiger partial charge >= 0.3 is 5.97 Å². The minimum atomic E-state index is -4.35. The number of carbonyl (C=O) groups excluding carboxylic acids is 1. The van der Waals surface area contributed by atoms with Gasteiger partial charge in [-0.25, -0.2) is 16.8 Å². The van der Waals surface area contributed by atoms with Crippen LogP contribution >= 0.6 is 0 Å². The monoisotopic (exact) mass is 587 g/mol. The zero-order chi connectivity index (χ0) is 28.7. The van der Waals surface area contributed by atoms with Crippen LogP contribution in [0.2, 0.25) is 0 Å². The van der Waals surface area contributed by atoms with Gasteiger partial charge in [-0.1, -0.05) is 36.4 Å². The molecule has 212 valence electrons. The molecule has 2 fully saturated rings. The van der Waals surface area contributed by atoms with Gasteiger partial charge in [0.05, 0.1) is 43.6 Å². The van der Waals surface area contributed by atoms with Gasteiger partial charge in [-0.15, -0.1) is 0 Å². The molecular weight excluding hydrogens is 558 g/mol. The lowest BCUT2D eigenvalue weighted by Gasteiger charge is -2.33. The zero-order valence-corrected chi connectivity index (χ0v) is 23.8. The van der Waals surface area contributed by atoms with Crippen molar-refractivity contribution in [3.63, 3.8) is 0 Å². The molecule has 0 aliphatic carbocycles. The predicted octanol–water partition coefficient (Wildman–Crippen LogP) is 3.12. The first kappa shape index (κ1) is 28.1. The van der Waals surface area contributed by atoms with E-state index in [1.54, 1.807) is 48.5 Å². The first-order valence-corrected chi connectivity index (χ1v) is 15.5. The molecule has 0 saturated carbocycles. The van der Waals surface area contributed by atoms with E-state index in [4.69, 9.17) is 19.0 Å². The van der Waals surface area contributed by atoms with E-state index < -0.39 is 41.9 Å². The van der Waals surface area contributed by atoms with Crippen LogP contribution in [0, 0.1) is 0 Å². The molecule has 12 heteroatoms. The second-order valence-electron chi connectivity index (χ2n) is 9.54. The van der Waals surface area contributed by atoms with Crippen LogP contribution in [-0.4, -0.2) is 65.9 Å². The molecular formula is C28H29NO9S2. The number of nitrogens with zero attached hydrogens (tertiary/aromatic N) is 1. The van der Waals surface area contributed by atoms with Crippen LogP contribution in [-0.2, 0) is 40.5 Å². The molecule has 2 aliphatic heterocycles. The van der Waals surface area contributed by atoms with Crippen molar-refractivity contribution in [2.75, 3.05) is 27.9 Å². The number of sulfone groups is 2. The molecule has 5 rings (SSSR count). The van der Waals surface area contributed by atoms with E-state index in [0.717, 1.165) is 0 Å². The Bertz CT molecular complexity index is 1630. The summed E-state index contributed by atoms with van der Waals surface area (Å²) in [5.74, 6) is 0.229. The van der Waals surface area contributed by atoms with Crippen molar-refractivity contribution in [1.29, 1.82) is 0 Å². The Morgan fingerprint density at radius 3 is 2.05 bits per heavy atom. The number of hydrogen-bond donors (Lipinski definition) is 0. The molecule has 2 aliphatic rings. The quantitative estimate of drug-likeness (QED) is 0.345. The zero-order valence-electron chi connectivity index (χ0n) is 22.1. The number of esters is 1. The van der Waals surface area contributed by atoms with Crippen LogP contribution in [0.3, 0.4) is 0 Å². The second-order valence-corrected chi connectivity index (χ2v) is 13.8. The minimum Gasteiger partial charge on any atom is -0.493 e. The number of rotatable bonds is 9. The van der Waals surface area contributed by atoms with Crippen LogP contribution < -0.4 is 9.47 Å². The first-order valence-electron chi connectivity index (χ1n) is 12.4. The molecule has 2 unspecified atom stereocenters. The molecule has 3 aromatic carbocycles. The molecule has 2 bridgehead atoms. The second kappa shape index (κ2) is 10.5. The maximum atomic E-state index is 14.3. The van der Waals surface area contributed by atoms with E-state index in [0.29, 0.717) is 22.6 Å². The summed E-state index contributed by atoms with van der Waals surface area (Å²) in [4.78, 5) is 16.3. The van der Waals surface area contributed by atoms with E-state index in [1.165, 1.54) is 50.7 Å². The van der Waals surface area contributed by atoms with Gasteiger partial charge in [-0.05, 0) is 47.5 Å². The Labute approximate surface area is 233 Å². The van der Waals surface area contributed by atoms with Crippen LogP contribution in [0.15, 0.2) is 82.6 Å². The van der Waals surface area contributed by atoms with Gasteiger partial charge in [0.25, 0.3) is 0 Å². The third-order valence-electron chi connectivity index (χ3n) is 7.46. The van der Waals surface area contributed by atoms with E-state index >= 15 is 0 Å². The molecule has 2 heterocycles. The van der Waals surface area contributed by atoms with Crippen molar-refractivity contribution < 1.29 is 40.7 Å². The third kappa shape index (κ3) is 4.44. The lowest BCUT2D eigenvalue weighted by molar-refractivity contribution is -0.139. The molecule has 2 saturated heterocycles. The topological polar surface area (TPSA) is 126 Å². The Kier molecular flexibility index (Phi) is 7.38. The van der Waals surface area contributed by atoms with Gasteiger partial charge in [0.15, 0.2) is 21.3 Å². The van der Waals surface area contributed by atoms with Gasteiger partial charge in [0.2, 0.25) is 14.8 Å². The fraction of sp³-hybridized carbons (Fsp3) is 0.321. The molecule has 0 radical (unpaired) electrons. The Morgan fingerprint density at radius 2 is 1.48 bits per heavy atom. The van der Waals surface area contributed by atoms with Gasteiger partial charge in [-0.3, -0.25) is 9.63 Å². The maximum absolute atomic E-state index is 14.3. The highest BCUT2D eigenvalue weighted by molar-refractivity contribution is 7.96. The molecule has 4 atom stereocenters. The molecule has 0 N–H and O–H groups in total. The lowest BCUT2D eigenvalue weighted by atomic mass is 9.91. The molecule has 3 aromatic rings. The largest absolute Gasteiger partial charge is 0.493 e. The van der Waals surface area contributed by atoms with Crippen LogP contribution in [0.5, 0.6) is 11.5 Å². The van der Waals surface area contributed by atoms with E-state index in [-0.39, 0.29) is 29.2 Å². The van der Waals surface area contributed by atoms with Crippen molar-refractivity contribution in [3.05, 3.63) is 83.9 Å². The third-order valence-corrected chi connectivity index (χ3v) is 12.1. The standard InChI is InChI=1S/C28H29NO9S2/c1-35-24-14-19(15-27(30)37-3)22(16-25(24)36-2)23-17-28(40(33,34)21-12-8-5-9-13-21)26(18-29(23)38-28)39(31,32)20-10-6-4-7-11-20/h4-14,16,23,26H,15,17-18H2,1-3H3/t23?,26-,28+/m0/s1. The summed E-state index contributed by atoms with van der Waals surface area (Å²) in [5, 5.41) is -0.0127. The number of carbonyl (C=O) groups is 1. The highest BCUT2D eigenvalue weighted by atomic mass is 32.2. The molecule has 0 amide bonds. The number of hydroxylamine groups is 2. The van der Waals surface area contributed by atoms with Crippen molar-refractivity contribution in [1.82, 2.24) is 5.06 Å². The molecule has 0 aromatic heterocycles. The predicted molar refractivity (Wildman–Crippen MR) is 144 cm³/mol. The number of methoxy groups -OCH3 is 3. The number of fused-ring (bicyclic) bond motifs is 2. The van der Waals surface area contributed by atoms with E-state index in [1.807, 2.05) is 0 Å². The smallest absolute Gasteiger partial charge is 0.309 e. The fourth-order valence-electron chi connectivity index (χ4n) is 5.46. The van der Waals surface area contributed by atoms with E-state index in [2.05, 4.69) is 0 Å². The average Bonchev–Trinajstić information content (AvgIpc) is 3.57. The minimum absolute atomic E-state index is 0.00836.